The number of nitrogens with one attached hydrogen (secondary N) is 1. The van der Waals surface area contributed by atoms with Crippen molar-refractivity contribution in [3.8, 4) is 5.75 Å². The first kappa shape index (κ1) is 10.7. The van der Waals surface area contributed by atoms with Crippen LogP contribution in [0.3, 0.4) is 0 Å². The predicted molar refractivity (Wildman–Crippen MR) is 63.2 cm³/mol. The van der Waals surface area contributed by atoms with E-state index in [1.807, 2.05) is 12.3 Å². The van der Waals surface area contributed by atoms with Crippen molar-refractivity contribution in [3.63, 3.8) is 0 Å². The molecule has 1 heterocycles. The molecule has 2 rings (SSSR count). The average Bonchev–Trinajstić information content (AvgIpc) is 2.64. The molecule has 1 amide bonds. The van der Waals surface area contributed by atoms with Gasteiger partial charge in [0.25, 0.3) is 0 Å². The van der Waals surface area contributed by atoms with Crippen molar-refractivity contribution < 1.29 is 9.90 Å². The van der Waals surface area contributed by atoms with Crippen LogP contribution >= 0.6 is 23.5 Å². The molecule has 2 N–H and O–H groups in total. The van der Waals surface area contributed by atoms with Crippen molar-refractivity contribution in [2.45, 2.75) is 10.3 Å². The first-order valence-electron chi connectivity index (χ1n) is 4.48. The van der Waals surface area contributed by atoms with Gasteiger partial charge < -0.3 is 10.4 Å². The van der Waals surface area contributed by atoms with Crippen LogP contribution in [0.4, 0.5) is 0 Å². The smallest absolute Gasteiger partial charge is 0.231 e. The SMILES string of the molecule is CSc1cc(O)cc(C2NC(=O)CS2)c1. The lowest BCUT2D eigenvalue weighted by atomic mass is 10.2. The summed E-state index contributed by atoms with van der Waals surface area (Å²) in [4.78, 5) is 12.1. The Balaban J connectivity index is 2.27. The van der Waals surface area contributed by atoms with Crippen LogP contribution in [0.25, 0.3) is 0 Å². The summed E-state index contributed by atoms with van der Waals surface area (Å²) in [7, 11) is 0. The van der Waals surface area contributed by atoms with E-state index in [1.54, 1.807) is 35.7 Å². The average molecular weight is 241 g/mol. The molecule has 5 heteroatoms. The fraction of sp³-hybridized carbons (Fsp3) is 0.300. The van der Waals surface area contributed by atoms with Gasteiger partial charge >= 0.3 is 0 Å². The Hall–Kier alpha value is -0.810. The van der Waals surface area contributed by atoms with Gasteiger partial charge in [-0.15, -0.1) is 23.5 Å². The van der Waals surface area contributed by atoms with E-state index in [-0.39, 0.29) is 17.0 Å². The maximum absolute atomic E-state index is 11.1. The molecule has 15 heavy (non-hydrogen) atoms. The summed E-state index contributed by atoms with van der Waals surface area (Å²) < 4.78 is 0. The molecule has 1 aromatic carbocycles. The standard InChI is InChI=1S/C10H11NO2S2/c1-14-8-3-6(2-7(12)4-8)10-11-9(13)5-15-10/h2-4,10,12H,5H2,1H3,(H,11,13). The molecule has 1 unspecified atom stereocenters. The third-order valence-electron chi connectivity index (χ3n) is 2.13. The summed E-state index contributed by atoms with van der Waals surface area (Å²) in [6, 6.07) is 5.41. The topological polar surface area (TPSA) is 49.3 Å². The molecule has 80 valence electrons. The van der Waals surface area contributed by atoms with E-state index in [0.29, 0.717) is 5.75 Å². The number of carbonyl (C=O) groups is 1. The van der Waals surface area contributed by atoms with Crippen molar-refractivity contribution in [1.82, 2.24) is 5.32 Å². The Kier molecular flexibility index (Phi) is 3.11. The summed E-state index contributed by atoms with van der Waals surface area (Å²) in [5.41, 5.74) is 0.954. The van der Waals surface area contributed by atoms with Crippen LogP contribution in [0.5, 0.6) is 5.75 Å². The molecular formula is C10H11NO2S2. The number of benzene rings is 1. The molecule has 1 aromatic rings. The fourth-order valence-electron chi connectivity index (χ4n) is 1.44. The summed E-state index contributed by atoms with van der Waals surface area (Å²) in [5, 5.41) is 12.4. The number of aromatic hydroxyl groups is 1. The second kappa shape index (κ2) is 4.37. The minimum absolute atomic E-state index is 0.0181. The van der Waals surface area contributed by atoms with Crippen LogP contribution in [0, 0.1) is 0 Å². The van der Waals surface area contributed by atoms with Gasteiger partial charge in [0.15, 0.2) is 0 Å². The molecule has 1 aliphatic rings. The molecule has 0 radical (unpaired) electrons. The van der Waals surface area contributed by atoms with Gasteiger partial charge in [0.1, 0.15) is 11.1 Å². The third-order valence-corrected chi connectivity index (χ3v) is 3.98. The zero-order valence-corrected chi connectivity index (χ0v) is 9.82. The number of carbonyl (C=O) groups excluding carboxylic acids is 1. The van der Waals surface area contributed by atoms with Crippen LogP contribution in [0.15, 0.2) is 23.1 Å². The van der Waals surface area contributed by atoms with Crippen molar-refractivity contribution >= 4 is 29.4 Å². The highest BCUT2D eigenvalue weighted by Crippen LogP contribution is 2.34. The number of rotatable bonds is 2. The minimum atomic E-state index is -0.0181. The maximum Gasteiger partial charge on any atom is 0.231 e. The highest BCUT2D eigenvalue weighted by Gasteiger charge is 2.23. The van der Waals surface area contributed by atoms with E-state index in [1.165, 1.54) is 0 Å². The zero-order chi connectivity index (χ0) is 10.8. The summed E-state index contributed by atoms with van der Waals surface area (Å²) in [6.07, 6.45) is 1.96. The molecule has 0 aromatic heterocycles. The molecule has 0 spiro atoms. The van der Waals surface area contributed by atoms with Gasteiger partial charge in [-0.25, -0.2) is 0 Å². The Morgan fingerprint density at radius 2 is 2.33 bits per heavy atom. The van der Waals surface area contributed by atoms with E-state index >= 15 is 0 Å². The molecule has 1 atom stereocenters. The zero-order valence-electron chi connectivity index (χ0n) is 8.19. The van der Waals surface area contributed by atoms with E-state index in [4.69, 9.17) is 0 Å². The van der Waals surface area contributed by atoms with Crippen molar-refractivity contribution in [3.05, 3.63) is 23.8 Å². The Bertz CT molecular complexity index is 395. The Labute approximate surface area is 96.6 Å². The molecule has 0 saturated carbocycles. The molecule has 1 fully saturated rings. The van der Waals surface area contributed by atoms with E-state index in [2.05, 4.69) is 5.32 Å². The number of phenols is 1. The first-order valence-corrected chi connectivity index (χ1v) is 6.75. The van der Waals surface area contributed by atoms with E-state index in [9.17, 15) is 9.90 Å². The predicted octanol–water partition coefficient (Wildman–Crippen LogP) is 1.98. The second-order valence-corrected chi connectivity index (χ2v) is 5.20. The summed E-state index contributed by atoms with van der Waals surface area (Å²) >= 11 is 3.13. The van der Waals surface area contributed by atoms with Crippen LogP contribution in [0.2, 0.25) is 0 Å². The molecule has 0 bridgehead atoms. The Morgan fingerprint density at radius 3 is 2.93 bits per heavy atom. The van der Waals surface area contributed by atoms with Crippen molar-refractivity contribution in [1.29, 1.82) is 0 Å². The monoisotopic (exact) mass is 241 g/mol. The van der Waals surface area contributed by atoms with E-state index in [0.717, 1.165) is 10.5 Å². The molecule has 1 aliphatic heterocycles. The van der Waals surface area contributed by atoms with Gasteiger partial charge in [0, 0.05) is 4.90 Å². The second-order valence-electron chi connectivity index (χ2n) is 3.22. The van der Waals surface area contributed by atoms with Gasteiger partial charge in [-0.1, -0.05) is 0 Å². The number of phenolic OH excluding ortho intramolecular Hbond substituents is 1. The normalized spacial score (nSPS) is 20.3. The van der Waals surface area contributed by atoms with Gasteiger partial charge in [0.2, 0.25) is 5.91 Å². The van der Waals surface area contributed by atoms with Crippen LogP contribution in [-0.4, -0.2) is 23.0 Å². The Morgan fingerprint density at radius 1 is 1.53 bits per heavy atom. The van der Waals surface area contributed by atoms with Gasteiger partial charge in [-0.2, -0.15) is 0 Å². The maximum atomic E-state index is 11.1. The number of hydrogen-bond donors (Lipinski definition) is 2. The van der Waals surface area contributed by atoms with Gasteiger partial charge in [0.05, 0.1) is 5.75 Å². The van der Waals surface area contributed by atoms with Crippen LogP contribution in [-0.2, 0) is 4.79 Å². The van der Waals surface area contributed by atoms with Gasteiger partial charge in [-0.05, 0) is 30.0 Å². The lowest BCUT2D eigenvalue weighted by molar-refractivity contribution is -0.118. The number of thioether (sulfide) groups is 2. The quantitative estimate of drug-likeness (QED) is 0.777. The summed E-state index contributed by atoms with van der Waals surface area (Å²) in [6.45, 7) is 0. The lowest BCUT2D eigenvalue weighted by Crippen LogP contribution is -2.18. The molecule has 3 nitrogen and oxygen atoms in total. The first-order chi connectivity index (χ1) is 7.19. The summed E-state index contributed by atoms with van der Waals surface area (Å²) in [5.74, 6) is 0.798. The lowest BCUT2D eigenvalue weighted by Gasteiger charge is -2.11. The highest BCUT2D eigenvalue weighted by atomic mass is 32.2. The molecular weight excluding hydrogens is 230 g/mol. The third kappa shape index (κ3) is 2.41. The molecule has 1 saturated heterocycles. The largest absolute Gasteiger partial charge is 0.508 e. The number of amides is 1. The van der Waals surface area contributed by atoms with Crippen molar-refractivity contribution in [2.24, 2.45) is 0 Å². The molecule has 0 aliphatic carbocycles. The van der Waals surface area contributed by atoms with Crippen LogP contribution < -0.4 is 5.32 Å². The van der Waals surface area contributed by atoms with Crippen LogP contribution in [0.1, 0.15) is 10.9 Å². The highest BCUT2D eigenvalue weighted by molar-refractivity contribution is 8.00. The van der Waals surface area contributed by atoms with Gasteiger partial charge in [-0.3, -0.25) is 4.79 Å². The van der Waals surface area contributed by atoms with Crippen molar-refractivity contribution in [2.75, 3.05) is 12.0 Å². The van der Waals surface area contributed by atoms with E-state index < -0.39 is 0 Å². The fourth-order valence-corrected chi connectivity index (χ4v) is 2.88. The number of hydrogen-bond acceptors (Lipinski definition) is 4. The minimum Gasteiger partial charge on any atom is -0.508 e.